The van der Waals surface area contributed by atoms with Crippen LogP contribution in [0.15, 0.2) is 60.7 Å². The number of ether oxygens (including phenoxy) is 1. The van der Waals surface area contributed by atoms with Crippen LogP contribution in [0.3, 0.4) is 0 Å². The molecular weight excluding hydrogens is 443 g/mol. The Kier molecular flexibility index (Phi) is 6.11. The molecule has 0 fully saturated rings. The van der Waals surface area contributed by atoms with Crippen LogP contribution in [0.25, 0.3) is 0 Å². The minimum absolute atomic E-state index is 0.0469. The molecule has 4 rings (SSSR count). The van der Waals surface area contributed by atoms with Crippen molar-refractivity contribution in [3.8, 4) is 5.75 Å². The molecule has 0 aromatic heterocycles. The van der Waals surface area contributed by atoms with Crippen LogP contribution >= 0.6 is 23.2 Å². The predicted octanol–water partition coefficient (Wildman–Crippen LogP) is 6.68. The standard InChI is InChI=1S/C26H26Cl2N2O2/c1-16(2)29-19-11-9-17(24(14-19)32-4)15-30-23-12-10-18(27)13-21(23)26(3,25(30)31)20-7-5-6-8-22(20)28/h5-14,16,29H,15H2,1-4H3. The molecule has 0 aliphatic carbocycles. The van der Waals surface area contributed by atoms with Gasteiger partial charge in [-0.25, -0.2) is 0 Å². The molecule has 3 aromatic carbocycles. The van der Waals surface area contributed by atoms with Crippen molar-refractivity contribution in [3.63, 3.8) is 0 Å². The molecule has 0 saturated carbocycles. The van der Waals surface area contributed by atoms with Gasteiger partial charge in [0.2, 0.25) is 5.91 Å². The molecule has 1 aliphatic heterocycles. The van der Waals surface area contributed by atoms with Gasteiger partial charge in [-0.05, 0) is 62.2 Å². The Morgan fingerprint density at radius 1 is 1.03 bits per heavy atom. The zero-order valence-corrected chi connectivity index (χ0v) is 20.1. The van der Waals surface area contributed by atoms with Gasteiger partial charge >= 0.3 is 0 Å². The van der Waals surface area contributed by atoms with E-state index < -0.39 is 5.41 Å². The Morgan fingerprint density at radius 3 is 2.47 bits per heavy atom. The molecule has 1 atom stereocenters. The smallest absolute Gasteiger partial charge is 0.242 e. The maximum Gasteiger partial charge on any atom is 0.242 e. The van der Waals surface area contributed by atoms with E-state index in [2.05, 4.69) is 19.2 Å². The number of benzene rings is 3. The third-order valence-corrected chi connectivity index (χ3v) is 6.51. The van der Waals surface area contributed by atoms with Gasteiger partial charge in [0.05, 0.1) is 13.7 Å². The molecule has 3 aromatic rings. The number of nitrogens with one attached hydrogen (secondary N) is 1. The third-order valence-electron chi connectivity index (χ3n) is 5.94. The van der Waals surface area contributed by atoms with Crippen LogP contribution in [0.1, 0.15) is 37.5 Å². The summed E-state index contributed by atoms with van der Waals surface area (Å²) in [5, 5.41) is 4.52. The molecule has 0 spiro atoms. The summed E-state index contributed by atoms with van der Waals surface area (Å²) in [5.41, 5.74) is 3.39. The monoisotopic (exact) mass is 468 g/mol. The molecule has 0 saturated heterocycles. The normalized spacial score (nSPS) is 17.6. The van der Waals surface area contributed by atoms with E-state index in [1.165, 1.54) is 0 Å². The number of amides is 1. The predicted molar refractivity (Wildman–Crippen MR) is 132 cm³/mol. The molecular formula is C26H26Cl2N2O2. The fourth-order valence-electron chi connectivity index (χ4n) is 4.39. The lowest BCUT2D eigenvalue weighted by Gasteiger charge is -2.26. The van der Waals surface area contributed by atoms with Crippen LogP contribution in [0.5, 0.6) is 5.75 Å². The molecule has 4 nitrogen and oxygen atoms in total. The highest BCUT2D eigenvalue weighted by Gasteiger charge is 2.49. The van der Waals surface area contributed by atoms with Crippen molar-refractivity contribution in [1.29, 1.82) is 0 Å². The summed E-state index contributed by atoms with van der Waals surface area (Å²) in [6, 6.07) is 19.3. The number of hydrogen-bond donors (Lipinski definition) is 1. The summed E-state index contributed by atoms with van der Waals surface area (Å²) in [6.45, 7) is 6.46. The number of carbonyl (C=O) groups excluding carboxylic acids is 1. The van der Waals surface area contributed by atoms with Crippen LogP contribution in [0.2, 0.25) is 10.0 Å². The van der Waals surface area contributed by atoms with Crippen LogP contribution in [0, 0.1) is 0 Å². The number of anilines is 2. The fourth-order valence-corrected chi connectivity index (χ4v) is 4.89. The maximum atomic E-state index is 13.9. The van der Waals surface area contributed by atoms with Crippen molar-refractivity contribution in [1.82, 2.24) is 0 Å². The van der Waals surface area contributed by atoms with E-state index >= 15 is 0 Å². The summed E-state index contributed by atoms with van der Waals surface area (Å²) in [6.07, 6.45) is 0. The largest absolute Gasteiger partial charge is 0.496 e. The SMILES string of the molecule is COc1cc(NC(C)C)ccc1CN1C(=O)C(C)(c2ccccc2Cl)c2cc(Cl)ccc21. The number of methoxy groups -OCH3 is 1. The second-order valence-corrected chi connectivity index (χ2v) is 9.33. The Morgan fingerprint density at radius 2 is 1.78 bits per heavy atom. The number of rotatable bonds is 6. The van der Waals surface area contributed by atoms with Gasteiger partial charge in [-0.2, -0.15) is 0 Å². The quantitative estimate of drug-likeness (QED) is 0.438. The van der Waals surface area contributed by atoms with Crippen molar-refractivity contribution < 1.29 is 9.53 Å². The van der Waals surface area contributed by atoms with Gasteiger partial charge in [-0.1, -0.05) is 47.5 Å². The Balaban J connectivity index is 1.79. The average molecular weight is 469 g/mol. The molecule has 32 heavy (non-hydrogen) atoms. The number of halogens is 2. The molecule has 1 N–H and O–H groups in total. The maximum absolute atomic E-state index is 13.9. The van der Waals surface area contributed by atoms with E-state index in [0.717, 1.165) is 33.8 Å². The molecule has 0 bridgehead atoms. The zero-order chi connectivity index (χ0) is 23.0. The molecule has 6 heteroatoms. The minimum Gasteiger partial charge on any atom is -0.496 e. The first-order valence-electron chi connectivity index (χ1n) is 10.6. The van der Waals surface area contributed by atoms with Gasteiger partial charge in [-0.3, -0.25) is 4.79 Å². The Hall–Kier alpha value is -2.69. The molecule has 0 radical (unpaired) electrons. The summed E-state index contributed by atoms with van der Waals surface area (Å²) >= 11 is 12.9. The summed E-state index contributed by atoms with van der Waals surface area (Å²) < 4.78 is 5.66. The highest BCUT2D eigenvalue weighted by atomic mass is 35.5. The van der Waals surface area contributed by atoms with Crippen LogP contribution in [0.4, 0.5) is 11.4 Å². The lowest BCUT2D eigenvalue weighted by molar-refractivity contribution is -0.121. The first-order chi connectivity index (χ1) is 15.3. The van der Waals surface area contributed by atoms with E-state index in [9.17, 15) is 4.79 Å². The Labute approximate surface area is 199 Å². The van der Waals surface area contributed by atoms with Crippen molar-refractivity contribution in [2.24, 2.45) is 0 Å². The number of hydrogen-bond acceptors (Lipinski definition) is 3. The molecule has 1 amide bonds. The number of fused-ring (bicyclic) bond motifs is 1. The van der Waals surface area contributed by atoms with Crippen molar-refractivity contribution in [2.75, 3.05) is 17.3 Å². The van der Waals surface area contributed by atoms with E-state index in [0.29, 0.717) is 22.6 Å². The van der Waals surface area contributed by atoms with Gasteiger partial charge in [0, 0.05) is 39.1 Å². The van der Waals surface area contributed by atoms with Gasteiger partial charge in [0.25, 0.3) is 0 Å². The molecule has 1 heterocycles. The summed E-state index contributed by atoms with van der Waals surface area (Å²) in [7, 11) is 1.64. The third kappa shape index (κ3) is 3.82. The van der Waals surface area contributed by atoms with E-state index in [4.69, 9.17) is 27.9 Å². The van der Waals surface area contributed by atoms with E-state index in [1.54, 1.807) is 12.0 Å². The minimum atomic E-state index is -0.940. The van der Waals surface area contributed by atoms with Gasteiger partial charge in [-0.15, -0.1) is 0 Å². The van der Waals surface area contributed by atoms with Crippen LogP contribution in [-0.4, -0.2) is 19.1 Å². The van der Waals surface area contributed by atoms with Gasteiger partial charge in [0.1, 0.15) is 11.2 Å². The summed E-state index contributed by atoms with van der Waals surface area (Å²) in [5.74, 6) is 0.680. The van der Waals surface area contributed by atoms with E-state index in [1.807, 2.05) is 67.6 Å². The fraction of sp³-hybridized carbons (Fsp3) is 0.269. The average Bonchev–Trinajstić information content (AvgIpc) is 2.96. The number of carbonyl (C=O) groups is 1. The second-order valence-electron chi connectivity index (χ2n) is 8.48. The van der Waals surface area contributed by atoms with Crippen LogP contribution in [-0.2, 0) is 16.8 Å². The number of nitrogens with zero attached hydrogens (tertiary/aromatic N) is 1. The van der Waals surface area contributed by atoms with Gasteiger partial charge < -0.3 is 15.0 Å². The highest BCUT2D eigenvalue weighted by molar-refractivity contribution is 6.32. The zero-order valence-electron chi connectivity index (χ0n) is 18.6. The molecule has 1 unspecified atom stereocenters. The van der Waals surface area contributed by atoms with E-state index in [-0.39, 0.29) is 5.91 Å². The highest BCUT2D eigenvalue weighted by Crippen LogP contribution is 2.49. The van der Waals surface area contributed by atoms with Gasteiger partial charge in [0.15, 0.2) is 0 Å². The molecule has 1 aliphatic rings. The van der Waals surface area contributed by atoms with Crippen molar-refractivity contribution in [3.05, 3.63) is 87.4 Å². The first-order valence-corrected chi connectivity index (χ1v) is 11.3. The first kappa shape index (κ1) is 22.5. The van der Waals surface area contributed by atoms with Crippen molar-refractivity contribution in [2.45, 2.75) is 38.8 Å². The van der Waals surface area contributed by atoms with Crippen LogP contribution < -0.4 is 15.0 Å². The lowest BCUT2D eigenvalue weighted by atomic mass is 9.77. The topological polar surface area (TPSA) is 41.6 Å². The lowest BCUT2D eigenvalue weighted by Crippen LogP contribution is -2.39. The second kappa shape index (κ2) is 8.68. The van der Waals surface area contributed by atoms with Crippen molar-refractivity contribution >= 4 is 40.5 Å². The Bertz CT molecular complexity index is 1180. The molecule has 166 valence electrons. The summed E-state index contributed by atoms with van der Waals surface area (Å²) in [4.78, 5) is 15.7.